The number of nitrogens with one attached hydrogen (secondary N) is 1. The second-order valence-corrected chi connectivity index (χ2v) is 8.28. The standard InChI is InChI=1S/C22H25N5O3S/c1-14(2)12-30-16-10-8-15(9-11-16)21-25-26-22(27(21)3)31-13-19(28)24-18-7-5-4-6-17(18)20(23)29/h4-11,14H,12-13H2,1-3H3,(H2,23,29)(H,24,28). The Morgan fingerprint density at radius 3 is 2.52 bits per heavy atom. The SMILES string of the molecule is CC(C)COc1ccc(-c2nnc(SCC(=O)Nc3ccccc3C(N)=O)n2C)cc1. The van der Waals surface area contributed by atoms with E-state index in [1.54, 1.807) is 24.3 Å². The van der Waals surface area contributed by atoms with Crippen molar-refractivity contribution in [3.05, 3.63) is 54.1 Å². The van der Waals surface area contributed by atoms with Crippen LogP contribution in [0.25, 0.3) is 11.4 Å². The van der Waals surface area contributed by atoms with Gasteiger partial charge in [-0.3, -0.25) is 9.59 Å². The van der Waals surface area contributed by atoms with Crippen LogP contribution >= 0.6 is 11.8 Å². The molecule has 0 saturated carbocycles. The van der Waals surface area contributed by atoms with Gasteiger partial charge in [0.25, 0.3) is 5.91 Å². The molecule has 0 atom stereocenters. The number of carbonyl (C=O) groups excluding carboxylic acids is 2. The summed E-state index contributed by atoms with van der Waals surface area (Å²) in [7, 11) is 1.85. The zero-order chi connectivity index (χ0) is 22.4. The lowest BCUT2D eigenvalue weighted by Crippen LogP contribution is -2.19. The largest absolute Gasteiger partial charge is 0.493 e. The van der Waals surface area contributed by atoms with E-state index in [2.05, 4.69) is 29.4 Å². The molecule has 0 aliphatic heterocycles. The van der Waals surface area contributed by atoms with Crippen LogP contribution in [0, 0.1) is 5.92 Å². The summed E-state index contributed by atoms with van der Waals surface area (Å²) in [5.74, 6) is 1.21. The summed E-state index contributed by atoms with van der Waals surface area (Å²) >= 11 is 1.26. The third-order valence-corrected chi connectivity index (χ3v) is 5.35. The lowest BCUT2D eigenvalue weighted by molar-refractivity contribution is -0.113. The second-order valence-electron chi connectivity index (χ2n) is 7.34. The number of nitrogens with zero attached hydrogens (tertiary/aromatic N) is 3. The van der Waals surface area contributed by atoms with E-state index < -0.39 is 5.91 Å². The van der Waals surface area contributed by atoms with Gasteiger partial charge in [-0.05, 0) is 42.3 Å². The maximum atomic E-state index is 12.3. The maximum Gasteiger partial charge on any atom is 0.250 e. The average molecular weight is 440 g/mol. The molecule has 2 amide bonds. The molecule has 0 bridgehead atoms. The predicted molar refractivity (Wildman–Crippen MR) is 121 cm³/mol. The molecule has 3 N–H and O–H groups in total. The number of anilines is 1. The van der Waals surface area contributed by atoms with E-state index in [1.165, 1.54) is 11.8 Å². The molecule has 0 saturated heterocycles. The van der Waals surface area contributed by atoms with Crippen molar-refractivity contribution in [3.8, 4) is 17.1 Å². The summed E-state index contributed by atoms with van der Waals surface area (Å²) in [4.78, 5) is 23.8. The number of rotatable bonds is 9. The molecule has 0 aliphatic rings. The molecule has 3 aromatic rings. The average Bonchev–Trinajstić information content (AvgIpc) is 3.11. The summed E-state index contributed by atoms with van der Waals surface area (Å²) < 4.78 is 7.54. The first-order valence-corrected chi connectivity index (χ1v) is 10.8. The van der Waals surface area contributed by atoms with Gasteiger partial charge in [0.1, 0.15) is 5.75 Å². The first-order chi connectivity index (χ1) is 14.8. The fourth-order valence-corrected chi connectivity index (χ4v) is 3.49. The molecule has 0 spiro atoms. The Morgan fingerprint density at radius 2 is 1.84 bits per heavy atom. The van der Waals surface area contributed by atoms with Crippen molar-refractivity contribution in [1.82, 2.24) is 14.8 Å². The van der Waals surface area contributed by atoms with Crippen molar-refractivity contribution in [2.75, 3.05) is 17.7 Å². The summed E-state index contributed by atoms with van der Waals surface area (Å²) in [5.41, 5.74) is 6.90. The Bertz CT molecular complexity index is 1060. The van der Waals surface area contributed by atoms with Gasteiger partial charge in [-0.25, -0.2) is 0 Å². The van der Waals surface area contributed by atoms with Crippen molar-refractivity contribution in [1.29, 1.82) is 0 Å². The van der Waals surface area contributed by atoms with Crippen molar-refractivity contribution in [2.45, 2.75) is 19.0 Å². The zero-order valence-corrected chi connectivity index (χ0v) is 18.5. The van der Waals surface area contributed by atoms with Crippen molar-refractivity contribution >= 4 is 29.3 Å². The number of para-hydroxylation sites is 1. The molecule has 0 radical (unpaired) electrons. The van der Waals surface area contributed by atoms with E-state index in [0.29, 0.717) is 29.2 Å². The van der Waals surface area contributed by atoms with E-state index in [-0.39, 0.29) is 17.2 Å². The fourth-order valence-electron chi connectivity index (χ4n) is 2.78. The molecule has 9 heteroatoms. The minimum absolute atomic E-state index is 0.112. The van der Waals surface area contributed by atoms with Crippen molar-refractivity contribution in [3.63, 3.8) is 0 Å². The number of nitrogens with two attached hydrogens (primary N) is 1. The molecule has 8 nitrogen and oxygen atoms in total. The Labute approximate surface area is 185 Å². The first-order valence-electron chi connectivity index (χ1n) is 9.79. The van der Waals surface area contributed by atoms with Crippen LogP contribution in [0.15, 0.2) is 53.7 Å². The summed E-state index contributed by atoms with van der Waals surface area (Å²) in [5, 5.41) is 11.8. The van der Waals surface area contributed by atoms with Gasteiger partial charge in [0, 0.05) is 12.6 Å². The molecular weight excluding hydrogens is 414 g/mol. The Hall–Kier alpha value is -3.33. The summed E-state index contributed by atoms with van der Waals surface area (Å²) in [6.07, 6.45) is 0. The number of hydrogen-bond donors (Lipinski definition) is 2. The lowest BCUT2D eigenvalue weighted by atomic mass is 10.1. The molecule has 162 valence electrons. The third-order valence-electron chi connectivity index (χ3n) is 4.33. The number of carbonyl (C=O) groups is 2. The highest BCUT2D eigenvalue weighted by molar-refractivity contribution is 7.99. The zero-order valence-electron chi connectivity index (χ0n) is 17.7. The van der Waals surface area contributed by atoms with Crippen LogP contribution in [-0.4, -0.2) is 38.9 Å². The molecule has 1 heterocycles. The first kappa shape index (κ1) is 22.4. The van der Waals surface area contributed by atoms with Crippen LogP contribution < -0.4 is 15.8 Å². The number of ether oxygens (including phenoxy) is 1. The van der Waals surface area contributed by atoms with Crippen LogP contribution in [0.1, 0.15) is 24.2 Å². The summed E-state index contributed by atoms with van der Waals surface area (Å²) in [6.45, 7) is 4.86. The van der Waals surface area contributed by atoms with E-state index in [0.717, 1.165) is 11.3 Å². The Morgan fingerprint density at radius 1 is 1.13 bits per heavy atom. The van der Waals surface area contributed by atoms with Gasteiger partial charge in [0.2, 0.25) is 5.91 Å². The van der Waals surface area contributed by atoms with Crippen LogP contribution in [0.5, 0.6) is 5.75 Å². The molecule has 1 aromatic heterocycles. The Kier molecular flexibility index (Phi) is 7.30. The fraction of sp³-hybridized carbons (Fsp3) is 0.273. The molecule has 31 heavy (non-hydrogen) atoms. The van der Waals surface area contributed by atoms with Crippen LogP contribution in [0.2, 0.25) is 0 Å². The van der Waals surface area contributed by atoms with Gasteiger partial charge in [0.15, 0.2) is 11.0 Å². The van der Waals surface area contributed by atoms with E-state index >= 15 is 0 Å². The summed E-state index contributed by atoms with van der Waals surface area (Å²) in [6, 6.07) is 14.3. The van der Waals surface area contributed by atoms with E-state index in [4.69, 9.17) is 10.5 Å². The van der Waals surface area contributed by atoms with Gasteiger partial charge in [-0.1, -0.05) is 37.7 Å². The number of hydrogen-bond acceptors (Lipinski definition) is 6. The maximum absolute atomic E-state index is 12.3. The number of primary amides is 1. The number of amides is 2. The Balaban J connectivity index is 1.62. The normalized spacial score (nSPS) is 10.8. The van der Waals surface area contributed by atoms with E-state index in [9.17, 15) is 9.59 Å². The molecule has 3 rings (SSSR count). The molecular formula is C22H25N5O3S. The quantitative estimate of drug-likeness (QED) is 0.495. The van der Waals surface area contributed by atoms with Gasteiger partial charge in [0.05, 0.1) is 23.6 Å². The van der Waals surface area contributed by atoms with Crippen LogP contribution in [-0.2, 0) is 11.8 Å². The smallest absolute Gasteiger partial charge is 0.250 e. The minimum atomic E-state index is -0.595. The highest BCUT2D eigenvalue weighted by Crippen LogP contribution is 2.25. The van der Waals surface area contributed by atoms with Crippen LogP contribution in [0.4, 0.5) is 5.69 Å². The topological polar surface area (TPSA) is 112 Å². The molecule has 0 aliphatic carbocycles. The monoisotopic (exact) mass is 439 g/mol. The van der Waals surface area contributed by atoms with Crippen molar-refractivity contribution < 1.29 is 14.3 Å². The number of aromatic nitrogens is 3. The van der Waals surface area contributed by atoms with Gasteiger partial charge in [-0.2, -0.15) is 0 Å². The third kappa shape index (κ3) is 5.85. The number of benzene rings is 2. The molecule has 0 unspecified atom stereocenters. The van der Waals surface area contributed by atoms with Crippen LogP contribution in [0.3, 0.4) is 0 Å². The lowest BCUT2D eigenvalue weighted by Gasteiger charge is -2.09. The van der Waals surface area contributed by atoms with Crippen molar-refractivity contribution in [2.24, 2.45) is 18.7 Å². The number of thioether (sulfide) groups is 1. The predicted octanol–water partition coefficient (Wildman–Crippen LogP) is 3.35. The highest BCUT2D eigenvalue weighted by Gasteiger charge is 2.15. The van der Waals surface area contributed by atoms with Gasteiger partial charge in [-0.15, -0.1) is 10.2 Å². The minimum Gasteiger partial charge on any atom is -0.493 e. The van der Waals surface area contributed by atoms with Gasteiger partial charge < -0.3 is 20.4 Å². The van der Waals surface area contributed by atoms with Gasteiger partial charge >= 0.3 is 0 Å². The second kappa shape index (κ2) is 10.1. The highest BCUT2D eigenvalue weighted by atomic mass is 32.2. The molecule has 2 aromatic carbocycles. The molecule has 0 fully saturated rings. The van der Waals surface area contributed by atoms with E-state index in [1.807, 2.05) is 35.9 Å².